The Bertz CT molecular complexity index is 2010. The first-order chi connectivity index (χ1) is 21.9. The average Bonchev–Trinajstić information content (AvgIpc) is 3.01. The molecule has 46 heavy (non-hydrogen) atoms. The van der Waals surface area contributed by atoms with E-state index in [2.05, 4.69) is 13.8 Å². The summed E-state index contributed by atoms with van der Waals surface area (Å²) in [5, 5.41) is 6.58. The highest BCUT2D eigenvalue weighted by atomic mass is 16.5. The summed E-state index contributed by atoms with van der Waals surface area (Å²) in [4.78, 5) is 58.3. The van der Waals surface area contributed by atoms with Gasteiger partial charge in [0.25, 0.3) is 23.6 Å². The van der Waals surface area contributed by atoms with Gasteiger partial charge in [0, 0.05) is 39.6 Å². The molecule has 0 saturated carbocycles. The molecule has 2 aliphatic heterocycles. The maximum absolute atomic E-state index is 14.2. The number of benzene rings is 5. The second kappa shape index (κ2) is 10.6. The van der Waals surface area contributed by atoms with Crippen LogP contribution >= 0.6 is 0 Å². The fourth-order valence-electron chi connectivity index (χ4n) is 7.85. The van der Waals surface area contributed by atoms with E-state index in [4.69, 9.17) is 4.74 Å². The monoisotopic (exact) mass is 616 g/mol. The van der Waals surface area contributed by atoms with Crippen LogP contribution in [0.2, 0.25) is 0 Å². The Morgan fingerprint density at radius 3 is 1.43 bits per heavy atom. The minimum atomic E-state index is -0.766. The standard InChI is InChI=1S/C39H40N2O5/c1-8-9-18-40-35(42)27-14-10-23-25-12-16-29-34-30(17-13-26(32(25)34)24-11-15-28(36(40)43)33(27)31(23)24)38(45)41(37(29)44)22(5)39(6,7)46-21(4)19-20(2)3/h10-17,20-22H,8-9,18-19H2,1-7H3. The van der Waals surface area contributed by atoms with E-state index in [9.17, 15) is 19.2 Å². The summed E-state index contributed by atoms with van der Waals surface area (Å²) < 4.78 is 6.43. The zero-order valence-electron chi connectivity index (χ0n) is 27.6. The molecule has 0 radical (unpaired) electrons. The van der Waals surface area contributed by atoms with Crippen LogP contribution in [0.3, 0.4) is 0 Å². The number of carbonyl (C=O) groups is 4. The first-order valence-corrected chi connectivity index (χ1v) is 16.5. The molecule has 0 spiro atoms. The van der Waals surface area contributed by atoms with E-state index in [1.165, 1.54) is 9.80 Å². The quantitative estimate of drug-likeness (QED) is 0.0944. The molecule has 5 aromatic rings. The SMILES string of the molecule is CCCCN1C(=O)c2ccc3c4ccc5c6c(ccc(c7ccc(c2c37)C1=O)c64)C(=O)N(C(C)C(C)(C)OC(C)CC(C)C)C5=O. The van der Waals surface area contributed by atoms with Crippen molar-refractivity contribution < 1.29 is 23.9 Å². The molecule has 2 atom stereocenters. The number of rotatable bonds is 9. The lowest BCUT2D eigenvalue weighted by Gasteiger charge is -2.42. The van der Waals surface area contributed by atoms with Crippen LogP contribution < -0.4 is 0 Å². The molecule has 4 amide bonds. The molecule has 5 aromatic carbocycles. The number of carbonyl (C=O) groups excluding carboxylic acids is 4. The zero-order chi connectivity index (χ0) is 32.8. The van der Waals surface area contributed by atoms with Crippen molar-refractivity contribution in [3.05, 3.63) is 70.8 Å². The van der Waals surface area contributed by atoms with Gasteiger partial charge in [-0.3, -0.25) is 29.0 Å². The van der Waals surface area contributed by atoms with Gasteiger partial charge in [0.1, 0.15) is 0 Å². The van der Waals surface area contributed by atoms with Crippen molar-refractivity contribution in [1.29, 1.82) is 0 Å². The maximum Gasteiger partial charge on any atom is 0.261 e. The lowest BCUT2D eigenvalue weighted by Crippen LogP contribution is -2.56. The molecule has 0 aliphatic carbocycles. The molecule has 0 fully saturated rings. The molecule has 7 rings (SSSR count). The molecule has 236 valence electrons. The van der Waals surface area contributed by atoms with E-state index in [0.29, 0.717) is 45.5 Å². The van der Waals surface area contributed by atoms with Gasteiger partial charge in [0.15, 0.2) is 0 Å². The van der Waals surface area contributed by atoms with Crippen molar-refractivity contribution in [3.8, 4) is 0 Å². The van der Waals surface area contributed by atoms with Crippen molar-refractivity contribution in [2.24, 2.45) is 5.92 Å². The van der Waals surface area contributed by atoms with Crippen LogP contribution in [0.25, 0.3) is 43.1 Å². The van der Waals surface area contributed by atoms with Gasteiger partial charge < -0.3 is 4.74 Å². The van der Waals surface area contributed by atoms with E-state index >= 15 is 0 Å². The number of amides is 4. The number of imide groups is 2. The Morgan fingerprint density at radius 2 is 1.04 bits per heavy atom. The fourth-order valence-corrected chi connectivity index (χ4v) is 7.85. The van der Waals surface area contributed by atoms with Gasteiger partial charge in [-0.1, -0.05) is 51.5 Å². The van der Waals surface area contributed by atoms with Crippen LogP contribution in [-0.2, 0) is 4.74 Å². The Hall–Kier alpha value is -4.36. The van der Waals surface area contributed by atoms with Crippen LogP contribution in [0.4, 0.5) is 0 Å². The summed E-state index contributed by atoms with van der Waals surface area (Å²) in [7, 11) is 0. The minimum Gasteiger partial charge on any atom is -0.370 e. The Morgan fingerprint density at radius 1 is 0.630 bits per heavy atom. The highest BCUT2D eigenvalue weighted by molar-refractivity contribution is 6.41. The number of unbranched alkanes of at least 4 members (excludes halogenated alkanes) is 1. The minimum absolute atomic E-state index is 0.0275. The summed E-state index contributed by atoms with van der Waals surface area (Å²) in [5.74, 6) is -0.727. The predicted octanol–water partition coefficient (Wildman–Crippen LogP) is 8.35. The summed E-state index contributed by atoms with van der Waals surface area (Å²) >= 11 is 0. The van der Waals surface area contributed by atoms with E-state index in [-0.39, 0.29) is 29.7 Å². The van der Waals surface area contributed by atoms with Crippen molar-refractivity contribution in [2.75, 3.05) is 6.54 Å². The molecule has 2 unspecified atom stereocenters. The van der Waals surface area contributed by atoms with Gasteiger partial charge in [0.05, 0.1) is 17.7 Å². The summed E-state index contributed by atoms with van der Waals surface area (Å²) in [5.41, 5.74) is 1.27. The third kappa shape index (κ3) is 4.20. The highest BCUT2D eigenvalue weighted by Crippen LogP contribution is 2.46. The summed E-state index contributed by atoms with van der Waals surface area (Å²) in [6.45, 7) is 14.5. The second-order valence-electron chi connectivity index (χ2n) is 14.1. The molecular weight excluding hydrogens is 576 g/mol. The van der Waals surface area contributed by atoms with Gasteiger partial charge in [-0.15, -0.1) is 0 Å². The van der Waals surface area contributed by atoms with Crippen LogP contribution in [-0.4, -0.2) is 57.7 Å². The third-order valence-electron chi connectivity index (χ3n) is 10.2. The van der Waals surface area contributed by atoms with Gasteiger partial charge in [-0.05, 0) is 103 Å². The lowest BCUT2D eigenvalue weighted by molar-refractivity contribution is -0.102. The van der Waals surface area contributed by atoms with E-state index in [1.807, 2.05) is 83.1 Å². The molecular formula is C39H40N2O5. The lowest BCUT2D eigenvalue weighted by atomic mass is 9.82. The third-order valence-corrected chi connectivity index (χ3v) is 10.2. The van der Waals surface area contributed by atoms with Crippen LogP contribution in [0.1, 0.15) is 109 Å². The summed E-state index contributed by atoms with van der Waals surface area (Å²) in [6, 6.07) is 14.5. The smallest absolute Gasteiger partial charge is 0.261 e. The van der Waals surface area contributed by atoms with Gasteiger partial charge in [0.2, 0.25) is 0 Å². The Kier molecular flexibility index (Phi) is 6.98. The topological polar surface area (TPSA) is 84.0 Å². The fraction of sp³-hybridized carbons (Fsp3) is 0.385. The zero-order valence-corrected chi connectivity index (χ0v) is 27.6. The van der Waals surface area contributed by atoms with Gasteiger partial charge >= 0.3 is 0 Å². The van der Waals surface area contributed by atoms with Gasteiger partial charge in [-0.25, -0.2) is 0 Å². The molecule has 0 saturated heterocycles. The number of hydrogen-bond acceptors (Lipinski definition) is 5. The normalized spacial score (nSPS) is 16.7. The highest BCUT2D eigenvalue weighted by Gasteiger charge is 2.43. The van der Waals surface area contributed by atoms with Crippen LogP contribution in [0.5, 0.6) is 0 Å². The van der Waals surface area contributed by atoms with Crippen LogP contribution in [0.15, 0.2) is 48.5 Å². The number of hydrogen-bond donors (Lipinski definition) is 0. The molecule has 2 aliphatic rings. The number of ether oxygens (including phenoxy) is 1. The number of nitrogens with zero attached hydrogens (tertiary/aromatic N) is 2. The van der Waals surface area contributed by atoms with Gasteiger partial charge in [-0.2, -0.15) is 0 Å². The Balaban J connectivity index is 1.39. The molecule has 7 nitrogen and oxygen atoms in total. The van der Waals surface area contributed by atoms with Crippen molar-refractivity contribution in [3.63, 3.8) is 0 Å². The average molecular weight is 617 g/mol. The van der Waals surface area contributed by atoms with Crippen molar-refractivity contribution in [1.82, 2.24) is 9.80 Å². The molecule has 0 aromatic heterocycles. The second-order valence-corrected chi connectivity index (χ2v) is 14.1. The molecule has 0 bridgehead atoms. The first kappa shape index (κ1) is 30.3. The van der Waals surface area contributed by atoms with E-state index in [1.54, 1.807) is 0 Å². The molecule has 7 heteroatoms. The summed E-state index contributed by atoms with van der Waals surface area (Å²) in [6.07, 6.45) is 2.48. The van der Waals surface area contributed by atoms with E-state index < -0.39 is 11.6 Å². The Labute approximate surface area is 268 Å². The molecule has 2 heterocycles. The first-order valence-electron chi connectivity index (χ1n) is 16.5. The van der Waals surface area contributed by atoms with Crippen molar-refractivity contribution >= 4 is 66.7 Å². The largest absolute Gasteiger partial charge is 0.370 e. The van der Waals surface area contributed by atoms with Crippen molar-refractivity contribution in [2.45, 2.75) is 85.5 Å². The maximum atomic E-state index is 14.2. The van der Waals surface area contributed by atoms with E-state index in [0.717, 1.165) is 51.6 Å². The predicted molar refractivity (Wildman–Crippen MR) is 182 cm³/mol. The molecule has 0 N–H and O–H groups in total. The van der Waals surface area contributed by atoms with Crippen LogP contribution in [0, 0.1) is 5.92 Å². The number of fused-ring (bicyclic) bond motifs is 2.